The zero-order valence-electron chi connectivity index (χ0n) is 21.8. The molecule has 1 amide bonds. The molecule has 1 aliphatic carbocycles. The van der Waals surface area contributed by atoms with E-state index in [2.05, 4.69) is 4.90 Å². The van der Waals surface area contributed by atoms with Crippen molar-refractivity contribution in [2.45, 2.75) is 82.1 Å². The summed E-state index contributed by atoms with van der Waals surface area (Å²) >= 11 is 0. The van der Waals surface area contributed by atoms with E-state index in [4.69, 9.17) is 18.9 Å². The lowest BCUT2D eigenvalue weighted by Crippen LogP contribution is -2.64. The molecule has 0 unspecified atom stereocenters. The highest BCUT2D eigenvalue weighted by Crippen LogP contribution is 2.49. The van der Waals surface area contributed by atoms with Crippen LogP contribution in [-0.4, -0.2) is 85.2 Å². The average molecular weight is 503 g/mol. The van der Waals surface area contributed by atoms with E-state index in [0.29, 0.717) is 37.1 Å². The molecule has 0 N–H and O–H groups in total. The first-order valence-electron chi connectivity index (χ1n) is 13.5. The molecule has 7 nitrogen and oxygen atoms in total. The van der Waals surface area contributed by atoms with Crippen LogP contribution in [0.15, 0.2) is 18.2 Å². The second-order valence-corrected chi connectivity index (χ2v) is 12.8. The molecule has 1 aromatic rings. The highest BCUT2D eigenvalue weighted by molar-refractivity contribution is 5.69. The van der Waals surface area contributed by atoms with E-state index in [-0.39, 0.29) is 23.6 Å². The molecule has 5 aliphatic rings. The SMILES string of the molecule is CC(C)(C)OC(=O)N1CC2(C[C@H](N3CCC(c4cc(F)ccc4OC4CC5(COC5)C4)CC3)CO2)C1. The van der Waals surface area contributed by atoms with Crippen molar-refractivity contribution < 1.29 is 28.1 Å². The molecule has 2 spiro atoms. The fraction of sp³-hybridized carbons (Fsp3) is 0.750. The van der Waals surface area contributed by atoms with E-state index >= 15 is 0 Å². The van der Waals surface area contributed by atoms with E-state index in [1.807, 2.05) is 26.8 Å². The maximum Gasteiger partial charge on any atom is 0.410 e. The number of likely N-dealkylation sites (tertiary alicyclic amines) is 2. The third kappa shape index (κ3) is 4.72. The summed E-state index contributed by atoms with van der Waals surface area (Å²) in [5.74, 6) is 0.966. The van der Waals surface area contributed by atoms with Crippen LogP contribution in [0.4, 0.5) is 9.18 Å². The summed E-state index contributed by atoms with van der Waals surface area (Å²) in [6.07, 6.45) is 4.94. The zero-order valence-corrected chi connectivity index (χ0v) is 21.8. The average Bonchev–Trinajstić information content (AvgIpc) is 3.19. The van der Waals surface area contributed by atoms with Crippen LogP contribution in [0.25, 0.3) is 0 Å². The molecule has 1 saturated carbocycles. The Labute approximate surface area is 213 Å². The van der Waals surface area contributed by atoms with Gasteiger partial charge in [-0.3, -0.25) is 4.90 Å². The normalized spacial score (nSPS) is 28.0. The van der Waals surface area contributed by atoms with Gasteiger partial charge < -0.3 is 23.8 Å². The molecular weight excluding hydrogens is 463 g/mol. The maximum atomic E-state index is 14.2. The number of nitrogens with zero attached hydrogens (tertiary/aromatic N) is 2. The first-order chi connectivity index (χ1) is 17.1. The number of benzene rings is 1. The lowest BCUT2D eigenvalue weighted by atomic mass is 9.65. The smallest absolute Gasteiger partial charge is 0.410 e. The third-order valence-corrected chi connectivity index (χ3v) is 8.69. The Kier molecular flexibility index (Phi) is 6.00. The minimum absolute atomic E-state index is 0.192. The van der Waals surface area contributed by atoms with Crippen molar-refractivity contribution >= 4 is 6.09 Å². The number of halogens is 1. The Balaban J connectivity index is 1.01. The fourth-order valence-corrected chi connectivity index (χ4v) is 6.70. The van der Waals surface area contributed by atoms with E-state index in [9.17, 15) is 9.18 Å². The van der Waals surface area contributed by atoms with Crippen LogP contribution in [0.1, 0.15) is 64.4 Å². The van der Waals surface area contributed by atoms with Gasteiger partial charge in [0, 0.05) is 17.0 Å². The highest BCUT2D eigenvalue weighted by Gasteiger charge is 2.53. The van der Waals surface area contributed by atoms with E-state index in [0.717, 1.165) is 69.7 Å². The van der Waals surface area contributed by atoms with Gasteiger partial charge in [-0.05, 0) is 90.1 Å². The molecule has 6 rings (SSSR count). The van der Waals surface area contributed by atoms with Gasteiger partial charge in [0.25, 0.3) is 0 Å². The van der Waals surface area contributed by atoms with Crippen LogP contribution < -0.4 is 4.74 Å². The summed E-state index contributed by atoms with van der Waals surface area (Å²) in [6, 6.07) is 5.39. The van der Waals surface area contributed by atoms with Crippen molar-refractivity contribution in [1.29, 1.82) is 0 Å². The van der Waals surface area contributed by atoms with E-state index < -0.39 is 5.60 Å². The van der Waals surface area contributed by atoms with Gasteiger partial charge in [0.15, 0.2) is 0 Å². The summed E-state index contributed by atoms with van der Waals surface area (Å²) in [5, 5.41) is 0. The molecule has 4 heterocycles. The van der Waals surface area contributed by atoms with Crippen LogP contribution in [0.3, 0.4) is 0 Å². The number of carbonyl (C=O) groups is 1. The van der Waals surface area contributed by atoms with Gasteiger partial charge in [-0.2, -0.15) is 0 Å². The summed E-state index contributed by atoms with van der Waals surface area (Å²) in [7, 11) is 0. The lowest BCUT2D eigenvalue weighted by molar-refractivity contribution is -0.191. The van der Waals surface area contributed by atoms with Crippen molar-refractivity contribution in [3.05, 3.63) is 29.6 Å². The van der Waals surface area contributed by atoms with Gasteiger partial charge in [-0.1, -0.05) is 0 Å². The van der Waals surface area contributed by atoms with E-state index in [1.165, 1.54) is 6.07 Å². The van der Waals surface area contributed by atoms with Crippen molar-refractivity contribution in [1.82, 2.24) is 9.80 Å². The molecule has 4 aliphatic heterocycles. The number of rotatable bonds is 4. The van der Waals surface area contributed by atoms with Crippen molar-refractivity contribution in [2.75, 3.05) is 46.0 Å². The molecule has 5 fully saturated rings. The highest BCUT2D eigenvalue weighted by atomic mass is 19.1. The van der Waals surface area contributed by atoms with Crippen molar-refractivity contribution in [3.63, 3.8) is 0 Å². The topological polar surface area (TPSA) is 60.5 Å². The summed E-state index contributed by atoms with van der Waals surface area (Å²) in [6.45, 7) is 11.2. The van der Waals surface area contributed by atoms with Gasteiger partial charge in [-0.15, -0.1) is 0 Å². The van der Waals surface area contributed by atoms with Crippen LogP contribution >= 0.6 is 0 Å². The molecule has 4 saturated heterocycles. The number of piperidine rings is 1. The fourth-order valence-electron chi connectivity index (χ4n) is 6.70. The minimum Gasteiger partial charge on any atom is -0.490 e. The summed E-state index contributed by atoms with van der Waals surface area (Å²) < 4.78 is 37.7. The predicted molar refractivity (Wildman–Crippen MR) is 132 cm³/mol. The molecular formula is C28H39FN2O5. The number of hydrogen-bond donors (Lipinski definition) is 0. The van der Waals surface area contributed by atoms with Gasteiger partial charge in [0.05, 0.1) is 32.9 Å². The Morgan fingerprint density at radius 1 is 1.11 bits per heavy atom. The molecule has 36 heavy (non-hydrogen) atoms. The molecule has 8 heteroatoms. The lowest BCUT2D eigenvalue weighted by Gasteiger charge is -2.52. The van der Waals surface area contributed by atoms with Gasteiger partial charge in [0.1, 0.15) is 28.9 Å². The largest absolute Gasteiger partial charge is 0.490 e. The van der Waals surface area contributed by atoms with E-state index in [1.54, 1.807) is 11.0 Å². The zero-order chi connectivity index (χ0) is 25.1. The predicted octanol–water partition coefficient (Wildman–Crippen LogP) is 4.34. The van der Waals surface area contributed by atoms with Crippen molar-refractivity contribution in [3.8, 4) is 5.75 Å². The Morgan fingerprint density at radius 2 is 1.83 bits per heavy atom. The third-order valence-electron chi connectivity index (χ3n) is 8.69. The first kappa shape index (κ1) is 24.4. The second-order valence-electron chi connectivity index (χ2n) is 12.8. The minimum atomic E-state index is -0.485. The monoisotopic (exact) mass is 502 g/mol. The Bertz CT molecular complexity index is 984. The summed E-state index contributed by atoms with van der Waals surface area (Å²) in [4.78, 5) is 16.6. The van der Waals surface area contributed by atoms with Crippen LogP contribution in [0.2, 0.25) is 0 Å². The van der Waals surface area contributed by atoms with Gasteiger partial charge >= 0.3 is 6.09 Å². The van der Waals surface area contributed by atoms with Crippen LogP contribution in [-0.2, 0) is 14.2 Å². The molecule has 0 aromatic heterocycles. The Hall–Kier alpha value is -1.90. The number of ether oxygens (including phenoxy) is 4. The van der Waals surface area contributed by atoms with Crippen molar-refractivity contribution in [2.24, 2.45) is 5.41 Å². The van der Waals surface area contributed by atoms with Crippen LogP contribution in [0.5, 0.6) is 5.75 Å². The molecule has 1 atom stereocenters. The first-order valence-corrected chi connectivity index (χ1v) is 13.5. The molecule has 198 valence electrons. The van der Waals surface area contributed by atoms with Gasteiger partial charge in [0.2, 0.25) is 0 Å². The second kappa shape index (κ2) is 8.84. The molecule has 0 radical (unpaired) electrons. The Morgan fingerprint density at radius 3 is 2.47 bits per heavy atom. The summed E-state index contributed by atoms with van der Waals surface area (Å²) in [5.41, 5.74) is 0.655. The number of amides is 1. The molecule has 0 bridgehead atoms. The quantitative estimate of drug-likeness (QED) is 0.611. The van der Waals surface area contributed by atoms with Gasteiger partial charge in [-0.25, -0.2) is 9.18 Å². The standard InChI is InChI=1S/C28H39FN2O5/c1-26(2,3)36-25(32)31-15-28(16-31)11-21(14-34-28)30-8-6-19(7-9-30)23-10-20(29)4-5-24(23)35-22-12-27(13-22)17-33-18-27/h4-5,10,19,21-22H,6-9,11-18H2,1-3H3/t21-/m0/s1. The maximum absolute atomic E-state index is 14.2. The molecule has 1 aromatic carbocycles. The van der Waals surface area contributed by atoms with Crippen LogP contribution in [0, 0.1) is 11.2 Å². The number of hydrogen-bond acceptors (Lipinski definition) is 6. The number of carbonyl (C=O) groups excluding carboxylic acids is 1.